The van der Waals surface area contributed by atoms with Crippen LogP contribution in [0.4, 0.5) is 11.5 Å². The molecule has 3 aliphatic heterocycles. The predicted octanol–water partition coefficient (Wildman–Crippen LogP) is 4.01. The second-order valence-electron chi connectivity index (χ2n) is 10.8. The van der Waals surface area contributed by atoms with Gasteiger partial charge in [0.2, 0.25) is 5.91 Å². The maximum Gasteiger partial charge on any atom is 0.221 e. The van der Waals surface area contributed by atoms with Gasteiger partial charge >= 0.3 is 0 Å². The lowest BCUT2D eigenvalue weighted by atomic mass is 10.1. The van der Waals surface area contributed by atoms with Gasteiger partial charge in [-0.05, 0) is 54.7 Å². The van der Waals surface area contributed by atoms with Gasteiger partial charge in [0.15, 0.2) is 0 Å². The number of fused-ring (bicyclic) bond motifs is 13. The van der Waals surface area contributed by atoms with Gasteiger partial charge in [0.25, 0.3) is 0 Å². The molecule has 3 aromatic rings. The van der Waals surface area contributed by atoms with Gasteiger partial charge in [-0.15, -0.1) is 0 Å². The number of nitrogens with zero attached hydrogens (tertiary/aromatic N) is 4. The highest BCUT2D eigenvalue weighted by molar-refractivity contribution is 5.76. The number of morpholine rings is 1. The second-order valence-corrected chi connectivity index (χ2v) is 10.8. The van der Waals surface area contributed by atoms with E-state index < -0.39 is 0 Å². The topological polar surface area (TPSA) is 91.9 Å². The molecule has 2 aromatic carbocycles. The average molecular weight is 559 g/mol. The second kappa shape index (κ2) is 15.5. The minimum atomic E-state index is 0.120. The van der Waals surface area contributed by atoms with Crippen molar-refractivity contribution >= 4 is 17.4 Å². The molecule has 9 heteroatoms. The molecule has 6 bridgehead atoms. The van der Waals surface area contributed by atoms with E-state index in [4.69, 9.17) is 9.47 Å². The molecule has 3 aliphatic rings. The van der Waals surface area contributed by atoms with E-state index in [0.717, 1.165) is 94.7 Å². The van der Waals surface area contributed by atoms with Crippen molar-refractivity contribution in [2.75, 3.05) is 64.4 Å². The largest absolute Gasteiger partial charge is 0.494 e. The molecule has 0 spiro atoms. The first-order valence-electron chi connectivity index (χ1n) is 14.9. The highest BCUT2D eigenvalue weighted by atomic mass is 16.5. The quantitative estimate of drug-likeness (QED) is 0.498. The van der Waals surface area contributed by atoms with Crippen LogP contribution in [-0.4, -0.2) is 84.8 Å². The lowest BCUT2D eigenvalue weighted by Gasteiger charge is -2.30. The van der Waals surface area contributed by atoms with Gasteiger partial charge in [0, 0.05) is 70.4 Å². The zero-order chi connectivity index (χ0) is 28.1. The number of hydrogen-bond donors (Lipinski definition) is 2. The van der Waals surface area contributed by atoms with E-state index in [1.54, 1.807) is 6.33 Å². The summed E-state index contributed by atoms with van der Waals surface area (Å²) < 4.78 is 11.4. The number of carbonyl (C=O) groups is 1. The van der Waals surface area contributed by atoms with Gasteiger partial charge in [0.1, 0.15) is 17.9 Å². The van der Waals surface area contributed by atoms with Crippen molar-refractivity contribution in [3.63, 3.8) is 0 Å². The van der Waals surface area contributed by atoms with Gasteiger partial charge < -0.3 is 20.1 Å². The van der Waals surface area contributed by atoms with Crippen LogP contribution in [0.1, 0.15) is 42.5 Å². The summed E-state index contributed by atoms with van der Waals surface area (Å²) in [5.74, 6) is 1.73. The molecular formula is C32H42N6O3. The van der Waals surface area contributed by atoms with Gasteiger partial charge in [-0.25, -0.2) is 9.97 Å². The molecule has 4 heterocycles. The highest BCUT2D eigenvalue weighted by Gasteiger charge is 2.15. The Morgan fingerprint density at radius 1 is 0.829 bits per heavy atom. The van der Waals surface area contributed by atoms with Crippen molar-refractivity contribution in [2.24, 2.45) is 0 Å². The van der Waals surface area contributed by atoms with Crippen LogP contribution in [0.2, 0.25) is 0 Å². The van der Waals surface area contributed by atoms with Crippen molar-refractivity contribution in [1.29, 1.82) is 0 Å². The molecule has 1 amide bonds. The van der Waals surface area contributed by atoms with Crippen LogP contribution < -0.4 is 15.4 Å². The first kappa shape index (κ1) is 29.0. The fourth-order valence-corrected chi connectivity index (χ4v) is 5.20. The molecule has 218 valence electrons. The Kier molecular flexibility index (Phi) is 10.9. The third-order valence-electron chi connectivity index (χ3n) is 7.54. The molecule has 9 nitrogen and oxygen atoms in total. The molecule has 1 saturated heterocycles. The molecule has 0 radical (unpaired) electrons. The molecule has 1 aromatic heterocycles. The highest BCUT2D eigenvalue weighted by Crippen LogP contribution is 2.20. The maximum atomic E-state index is 12.7. The fourth-order valence-electron chi connectivity index (χ4n) is 5.20. The maximum absolute atomic E-state index is 12.7. The van der Waals surface area contributed by atoms with Crippen LogP contribution in [0.25, 0.3) is 0 Å². The summed E-state index contributed by atoms with van der Waals surface area (Å²) in [5.41, 5.74) is 4.35. The number of rotatable bonds is 3. The first-order chi connectivity index (χ1) is 20.2. The number of carbonyl (C=O) groups excluding carboxylic acids is 1. The number of aromatic nitrogens is 2. The third kappa shape index (κ3) is 9.81. The van der Waals surface area contributed by atoms with Crippen molar-refractivity contribution < 1.29 is 14.3 Å². The van der Waals surface area contributed by atoms with Crippen LogP contribution in [0.15, 0.2) is 60.9 Å². The lowest BCUT2D eigenvalue weighted by Crippen LogP contribution is -2.42. The van der Waals surface area contributed by atoms with Crippen molar-refractivity contribution in [3.05, 3.63) is 77.7 Å². The van der Waals surface area contributed by atoms with E-state index in [-0.39, 0.29) is 5.91 Å². The standard InChI is InChI=1S/C32H42N6O3/c39-32-11-13-38(15-14-37-16-19-40-20-17-37)24-27-6-4-5-26(21-27)22-29-23-31(35-25-34-29)36-28-7-9-30(10-8-28)41-18-3-1-2-12-33-32/h4-10,21,23,25H,1-3,11-20,22,24H2,(H,33,39)(H,34,35,36). The Balaban J connectivity index is 1.29. The van der Waals surface area contributed by atoms with Gasteiger partial charge in [-0.3, -0.25) is 14.6 Å². The summed E-state index contributed by atoms with van der Waals surface area (Å²) in [6.45, 7) is 8.32. The Morgan fingerprint density at radius 2 is 1.66 bits per heavy atom. The molecule has 2 N–H and O–H groups in total. The van der Waals surface area contributed by atoms with E-state index in [1.165, 1.54) is 11.1 Å². The Morgan fingerprint density at radius 3 is 2.54 bits per heavy atom. The number of hydrogen-bond acceptors (Lipinski definition) is 8. The van der Waals surface area contributed by atoms with E-state index in [2.05, 4.69) is 54.7 Å². The van der Waals surface area contributed by atoms with Crippen LogP contribution in [0.3, 0.4) is 0 Å². The Labute approximate surface area is 243 Å². The molecule has 41 heavy (non-hydrogen) atoms. The SMILES string of the molecule is O=C1CCN(CCN2CCOCC2)Cc2cccc(c2)Cc2cc(ncn2)Nc2ccc(cc2)OCCCCCN1. The minimum Gasteiger partial charge on any atom is -0.494 e. The average Bonchev–Trinajstić information content (AvgIpc) is 2.99. The van der Waals surface area contributed by atoms with Crippen molar-refractivity contribution in [1.82, 2.24) is 25.1 Å². The van der Waals surface area contributed by atoms with Gasteiger partial charge in [-0.2, -0.15) is 0 Å². The van der Waals surface area contributed by atoms with Crippen LogP contribution in [0.5, 0.6) is 5.75 Å². The molecule has 1 fully saturated rings. The first-order valence-corrected chi connectivity index (χ1v) is 14.9. The van der Waals surface area contributed by atoms with Crippen LogP contribution >= 0.6 is 0 Å². The third-order valence-corrected chi connectivity index (χ3v) is 7.54. The van der Waals surface area contributed by atoms with E-state index in [0.29, 0.717) is 26.0 Å². The normalized spacial score (nSPS) is 18.5. The number of benzene rings is 2. The van der Waals surface area contributed by atoms with Crippen LogP contribution in [0, 0.1) is 0 Å². The molecule has 6 rings (SSSR count). The minimum absolute atomic E-state index is 0.120. The van der Waals surface area contributed by atoms with Crippen molar-refractivity contribution in [2.45, 2.75) is 38.6 Å². The van der Waals surface area contributed by atoms with E-state index in [9.17, 15) is 4.79 Å². The Hall–Kier alpha value is -3.53. The zero-order valence-corrected chi connectivity index (χ0v) is 23.9. The Bertz CT molecular complexity index is 1230. The predicted molar refractivity (Wildman–Crippen MR) is 161 cm³/mol. The summed E-state index contributed by atoms with van der Waals surface area (Å²) in [6.07, 6.45) is 5.74. The monoisotopic (exact) mass is 558 g/mol. The molecule has 0 atom stereocenters. The van der Waals surface area contributed by atoms with E-state index >= 15 is 0 Å². The summed E-state index contributed by atoms with van der Waals surface area (Å²) in [7, 11) is 0. The summed E-state index contributed by atoms with van der Waals surface area (Å²) in [5, 5.41) is 6.50. The summed E-state index contributed by atoms with van der Waals surface area (Å²) >= 11 is 0. The van der Waals surface area contributed by atoms with Crippen LogP contribution in [-0.2, 0) is 22.5 Å². The number of amides is 1. The number of ether oxygens (including phenoxy) is 2. The van der Waals surface area contributed by atoms with Gasteiger partial charge in [-0.1, -0.05) is 24.3 Å². The summed E-state index contributed by atoms with van der Waals surface area (Å²) in [6, 6.07) is 18.6. The smallest absolute Gasteiger partial charge is 0.221 e. The number of anilines is 2. The fraction of sp³-hybridized carbons (Fsp3) is 0.469. The zero-order valence-electron chi connectivity index (χ0n) is 23.9. The molecule has 0 aliphatic carbocycles. The van der Waals surface area contributed by atoms with Gasteiger partial charge in [0.05, 0.1) is 25.5 Å². The molecule has 0 saturated carbocycles. The van der Waals surface area contributed by atoms with Crippen molar-refractivity contribution in [3.8, 4) is 5.75 Å². The summed E-state index contributed by atoms with van der Waals surface area (Å²) in [4.78, 5) is 26.5. The molecular weight excluding hydrogens is 516 g/mol. The van der Waals surface area contributed by atoms with E-state index in [1.807, 2.05) is 30.3 Å². The lowest BCUT2D eigenvalue weighted by molar-refractivity contribution is -0.121. The number of nitrogens with one attached hydrogen (secondary N) is 2. The molecule has 0 unspecified atom stereocenters.